The standard InChI is InChI=1S/C25H25N3O4/c1-16-23-20(14-21(26-24(23)32-27-16)17-8-4-2-5-9-17)25(30)31-15-22(29)28(19-12-13-19)18-10-6-3-7-11-18/h2,4-5,8-10,14,19H,3,6-7,11-13,15H2,1H3. The summed E-state index contributed by atoms with van der Waals surface area (Å²) >= 11 is 0. The first-order valence-corrected chi connectivity index (χ1v) is 11.1. The van der Waals surface area contributed by atoms with Crippen molar-refractivity contribution in [3.05, 3.63) is 59.4 Å². The number of hydrogen-bond acceptors (Lipinski definition) is 6. The molecule has 3 aromatic rings. The lowest BCUT2D eigenvalue weighted by molar-refractivity contribution is -0.133. The van der Waals surface area contributed by atoms with Gasteiger partial charge in [-0.15, -0.1) is 0 Å². The number of esters is 1. The van der Waals surface area contributed by atoms with Gasteiger partial charge >= 0.3 is 5.97 Å². The maximum absolute atomic E-state index is 13.1. The van der Waals surface area contributed by atoms with Gasteiger partial charge in [-0.25, -0.2) is 9.78 Å². The molecule has 5 rings (SSSR count). The topological polar surface area (TPSA) is 85.5 Å². The van der Waals surface area contributed by atoms with E-state index < -0.39 is 5.97 Å². The minimum Gasteiger partial charge on any atom is -0.452 e. The van der Waals surface area contributed by atoms with Gasteiger partial charge < -0.3 is 14.2 Å². The van der Waals surface area contributed by atoms with Gasteiger partial charge in [0.05, 0.1) is 22.3 Å². The zero-order valence-electron chi connectivity index (χ0n) is 18.0. The number of fused-ring (bicyclic) bond motifs is 1. The fourth-order valence-electron chi connectivity index (χ4n) is 4.26. The van der Waals surface area contributed by atoms with E-state index in [-0.39, 0.29) is 24.3 Å². The second-order valence-corrected chi connectivity index (χ2v) is 8.38. The molecule has 7 nitrogen and oxygen atoms in total. The summed E-state index contributed by atoms with van der Waals surface area (Å²) in [4.78, 5) is 32.4. The molecule has 0 N–H and O–H groups in total. The van der Waals surface area contributed by atoms with Crippen molar-refractivity contribution in [2.75, 3.05) is 6.61 Å². The predicted octanol–water partition coefficient (Wildman–Crippen LogP) is 4.80. The largest absolute Gasteiger partial charge is 0.452 e. The quantitative estimate of drug-likeness (QED) is 0.521. The number of rotatable bonds is 6. The van der Waals surface area contributed by atoms with Gasteiger partial charge in [-0.05, 0) is 51.5 Å². The van der Waals surface area contributed by atoms with Crippen LogP contribution in [0.25, 0.3) is 22.4 Å². The first-order chi connectivity index (χ1) is 15.6. The molecule has 32 heavy (non-hydrogen) atoms. The Hall–Kier alpha value is -3.48. The van der Waals surface area contributed by atoms with Gasteiger partial charge in [-0.3, -0.25) is 4.79 Å². The Morgan fingerprint density at radius 2 is 2.00 bits per heavy atom. The van der Waals surface area contributed by atoms with E-state index in [9.17, 15) is 9.59 Å². The number of aryl methyl sites for hydroxylation is 1. The van der Waals surface area contributed by atoms with Crippen molar-refractivity contribution >= 4 is 23.0 Å². The zero-order chi connectivity index (χ0) is 22.1. The SMILES string of the molecule is Cc1noc2nc(-c3ccccc3)cc(C(=O)OCC(=O)N(C3=CCCCC3)C3CC3)c12. The van der Waals surface area contributed by atoms with Crippen molar-refractivity contribution in [2.45, 2.75) is 51.5 Å². The van der Waals surface area contributed by atoms with Crippen LogP contribution in [-0.4, -0.2) is 39.6 Å². The predicted molar refractivity (Wildman–Crippen MR) is 119 cm³/mol. The summed E-state index contributed by atoms with van der Waals surface area (Å²) in [5.74, 6) is -0.743. The van der Waals surface area contributed by atoms with Crippen LogP contribution in [0.4, 0.5) is 0 Å². The lowest BCUT2D eigenvalue weighted by Crippen LogP contribution is -2.36. The van der Waals surface area contributed by atoms with Crippen LogP contribution < -0.4 is 0 Å². The lowest BCUT2D eigenvalue weighted by Gasteiger charge is -2.27. The highest BCUT2D eigenvalue weighted by molar-refractivity contribution is 6.04. The molecule has 0 radical (unpaired) electrons. The van der Waals surface area contributed by atoms with Crippen molar-refractivity contribution in [2.24, 2.45) is 0 Å². The third-order valence-electron chi connectivity index (χ3n) is 5.99. The van der Waals surface area contributed by atoms with Gasteiger partial charge in [-0.1, -0.05) is 41.6 Å². The highest BCUT2D eigenvalue weighted by Crippen LogP contribution is 2.34. The number of nitrogens with zero attached hydrogens (tertiary/aromatic N) is 3. The van der Waals surface area contributed by atoms with Crippen LogP contribution in [0.15, 0.2) is 52.7 Å². The van der Waals surface area contributed by atoms with E-state index >= 15 is 0 Å². The van der Waals surface area contributed by atoms with Crippen molar-refractivity contribution < 1.29 is 18.8 Å². The number of amides is 1. The number of hydrogen-bond donors (Lipinski definition) is 0. The number of aromatic nitrogens is 2. The number of carbonyl (C=O) groups excluding carboxylic acids is 2. The number of benzene rings is 1. The van der Waals surface area contributed by atoms with E-state index in [1.165, 1.54) is 0 Å². The average molecular weight is 431 g/mol. The van der Waals surface area contributed by atoms with E-state index in [4.69, 9.17) is 9.26 Å². The molecule has 1 saturated carbocycles. The second kappa shape index (κ2) is 8.57. The first kappa shape index (κ1) is 20.4. The fraction of sp³-hybridized carbons (Fsp3) is 0.360. The molecule has 0 spiro atoms. The van der Waals surface area contributed by atoms with Crippen LogP contribution in [0, 0.1) is 6.92 Å². The van der Waals surface area contributed by atoms with E-state index in [1.807, 2.05) is 35.2 Å². The van der Waals surface area contributed by atoms with Crippen LogP contribution >= 0.6 is 0 Å². The Labute approximate surface area is 186 Å². The molecule has 0 unspecified atom stereocenters. The van der Waals surface area contributed by atoms with Gasteiger partial charge in [0, 0.05) is 17.3 Å². The molecule has 1 fully saturated rings. The summed E-state index contributed by atoms with van der Waals surface area (Å²) in [7, 11) is 0. The smallest absolute Gasteiger partial charge is 0.339 e. The number of ether oxygens (including phenoxy) is 1. The molecule has 0 saturated heterocycles. The first-order valence-electron chi connectivity index (χ1n) is 11.1. The maximum Gasteiger partial charge on any atom is 0.339 e. The van der Waals surface area contributed by atoms with Gasteiger partial charge in [0.15, 0.2) is 6.61 Å². The van der Waals surface area contributed by atoms with Gasteiger partial charge in [0.2, 0.25) is 0 Å². The lowest BCUT2D eigenvalue weighted by atomic mass is 10.0. The zero-order valence-corrected chi connectivity index (χ0v) is 18.0. The summed E-state index contributed by atoms with van der Waals surface area (Å²) in [5.41, 5.74) is 3.63. The number of allylic oxidation sites excluding steroid dienone is 2. The highest BCUT2D eigenvalue weighted by Gasteiger charge is 2.35. The summed E-state index contributed by atoms with van der Waals surface area (Å²) in [6, 6.07) is 11.4. The van der Waals surface area contributed by atoms with Gasteiger partial charge in [0.25, 0.3) is 11.6 Å². The third-order valence-corrected chi connectivity index (χ3v) is 5.99. The molecule has 2 heterocycles. The molecule has 2 aromatic heterocycles. The summed E-state index contributed by atoms with van der Waals surface area (Å²) < 4.78 is 10.8. The number of pyridine rings is 1. The molecule has 7 heteroatoms. The molecule has 164 valence electrons. The van der Waals surface area contributed by atoms with E-state index in [2.05, 4.69) is 16.2 Å². The molecular weight excluding hydrogens is 406 g/mol. The Balaban J connectivity index is 1.39. The van der Waals surface area contributed by atoms with Crippen LogP contribution in [0.3, 0.4) is 0 Å². The van der Waals surface area contributed by atoms with E-state index in [0.29, 0.717) is 22.3 Å². The maximum atomic E-state index is 13.1. The average Bonchev–Trinajstić information content (AvgIpc) is 3.59. The van der Waals surface area contributed by atoms with E-state index in [0.717, 1.165) is 49.8 Å². The molecular formula is C25H25N3O4. The van der Waals surface area contributed by atoms with Crippen LogP contribution in [0.2, 0.25) is 0 Å². The van der Waals surface area contributed by atoms with Crippen LogP contribution in [0.1, 0.15) is 54.6 Å². The molecule has 0 aliphatic heterocycles. The Morgan fingerprint density at radius 1 is 1.19 bits per heavy atom. The van der Waals surface area contributed by atoms with Crippen LogP contribution in [-0.2, 0) is 9.53 Å². The third kappa shape index (κ3) is 4.02. The molecule has 0 atom stereocenters. The monoisotopic (exact) mass is 431 g/mol. The van der Waals surface area contributed by atoms with Crippen molar-refractivity contribution in [3.8, 4) is 11.3 Å². The summed E-state index contributed by atoms with van der Waals surface area (Å²) in [6.45, 7) is 1.46. The Morgan fingerprint density at radius 3 is 2.72 bits per heavy atom. The van der Waals surface area contributed by atoms with Crippen LogP contribution in [0.5, 0.6) is 0 Å². The molecule has 1 aromatic carbocycles. The normalized spacial score (nSPS) is 16.0. The van der Waals surface area contributed by atoms with Gasteiger partial charge in [0.1, 0.15) is 0 Å². The van der Waals surface area contributed by atoms with Gasteiger partial charge in [-0.2, -0.15) is 0 Å². The summed E-state index contributed by atoms with van der Waals surface area (Å²) in [5, 5.41) is 4.47. The Kier molecular flexibility index (Phi) is 5.47. The minimum atomic E-state index is -0.581. The fourth-order valence-corrected chi connectivity index (χ4v) is 4.26. The second-order valence-electron chi connectivity index (χ2n) is 8.38. The molecule has 0 bridgehead atoms. The van der Waals surface area contributed by atoms with Crippen molar-refractivity contribution in [1.82, 2.24) is 15.0 Å². The minimum absolute atomic E-state index is 0.162. The highest BCUT2D eigenvalue weighted by atomic mass is 16.5. The summed E-state index contributed by atoms with van der Waals surface area (Å²) in [6.07, 6.45) is 8.31. The molecule has 1 amide bonds. The van der Waals surface area contributed by atoms with Crippen molar-refractivity contribution in [1.29, 1.82) is 0 Å². The van der Waals surface area contributed by atoms with E-state index in [1.54, 1.807) is 13.0 Å². The Bertz CT molecular complexity index is 1190. The number of carbonyl (C=O) groups is 2. The molecule has 2 aliphatic rings. The van der Waals surface area contributed by atoms with Crippen molar-refractivity contribution in [3.63, 3.8) is 0 Å². The molecule has 2 aliphatic carbocycles.